The lowest BCUT2D eigenvalue weighted by Crippen LogP contribution is -2.07. The fourth-order valence-corrected chi connectivity index (χ4v) is 0.578. The Morgan fingerprint density at radius 1 is 1.55 bits per heavy atom. The van der Waals surface area contributed by atoms with E-state index < -0.39 is 0 Å². The molecular formula is C5H7ClN4S. The zero-order chi connectivity index (χ0) is 8.69. The molecule has 0 aromatic rings. The number of aliphatic imine (C=N–C) groups is 1. The van der Waals surface area contributed by atoms with E-state index in [-0.39, 0.29) is 10.9 Å². The first-order valence-corrected chi connectivity index (χ1v) is 4.22. The molecule has 0 aliphatic carbocycles. The zero-order valence-corrected chi connectivity index (χ0v) is 7.12. The molecule has 4 N–H and O–H groups in total. The fourth-order valence-electron chi connectivity index (χ4n) is 0.304. The molecule has 0 saturated heterocycles. The molecule has 0 atom stereocenters. The van der Waals surface area contributed by atoms with Crippen LogP contribution in [0.25, 0.3) is 0 Å². The van der Waals surface area contributed by atoms with E-state index >= 15 is 0 Å². The minimum atomic E-state index is 0.176. The largest absolute Gasteiger partial charge is 0.384 e. The van der Waals surface area contributed by atoms with Gasteiger partial charge in [0.25, 0.3) is 0 Å². The smallest absolute Gasteiger partial charge is 0.125 e. The maximum Gasteiger partial charge on any atom is 0.125 e. The molecule has 0 heterocycles. The van der Waals surface area contributed by atoms with Gasteiger partial charge in [-0.2, -0.15) is 0 Å². The van der Waals surface area contributed by atoms with Gasteiger partial charge in [-0.05, 0) is 22.8 Å². The Labute approximate surface area is 73.0 Å². The van der Waals surface area contributed by atoms with Crippen LogP contribution in [0.3, 0.4) is 0 Å². The number of nitrogens with one attached hydrogen (secondary N) is 2. The normalized spacial score (nSPS) is 11.9. The van der Waals surface area contributed by atoms with E-state index in [4.69, 9.17) is 27.2 Å². The molecule has 0 spiro atoms. The summed E-state index contributed by atoms with van der Waals surface area (Å²) in [6, 6.07) is 0. The molecule has 0 aromatic carbocycles. The van der Waals surface area contributed by atoms with Crippen molar-refractivity contribution >= 4 is 38.9 Å². The highest BCUT2D eigenvalue weighted by atomic mass is 35.7. The lowest BCUT2D eigenvalue weighted by molar-refractivity contribution is 1.50. The van der Waals surface area contributed by atoms with Gasteiger partial charge in [0, 0.05) is 11.0 Å². The first kappa shape index (κ1) is 10.2. The highest BCUT2D eigenvalue weighted by molar-refractivity contribution is 8.33. The second kappa shape index (κ2) is 5.94. The maximum absolute atomic E-state index is 7.04. The fraction of sp³-hybridized carbons (Fsp3) is 0. The van der Waals surface area contributed by atoms with Gasteiger partial charge in [0.2, 0.25) is 0 Å². The molecule has 0 rings (SSSR count). The number of halogens is 1. The molecule has 0 bridgehead atoms. The molecule has 60 valence electrons. The molecule has 0 saturated carbocycles. The third-order valence-electron chi connectivity index (χ3n) is 0.702. The monoisotopic (exact) mass is 190 g/mol. The number of rotatable bonds is 3. The average molecular weight is 191 g/mol. The highest BCUT2D eigenvalue weighted by Crippen LogP contribution is 2.07. The van der Waals surface area contributed by atoms with Crippen LogP contribution in [-0.4, -0.2) is 17.2 Å². The van der Waals surface area contributed by atoms with Crippen LogP contribution in [0.1, 0.15) is 0 Å². The Morgan fingerprint density at radius 3 is 2.64 bits per heavy atom. The highest BCUT2D eigenvalue weighted by Gasteiger charge is 1.87. The third-order valence-corrected chi connectivity index (χ3v) is 1.50. The summed E-state index contributed by atoms with van der Waals surface area (Å²) in [5, 5.41) is 13.8. The summed E-state index contributed by atoms with van der Waals surface area (Å²) in [6.45, 7) is 0. The number of nitrogens with two attached hydrogens (primary N) is 1. The van der Waals surface area contributed by atoms with Crippen LogP contribution in [0.4, 0.5) is 0 Å². The van der Waals surface area contributed by atoms with Crippen molar-refractivity contribution in [2.75, 3.05) is 0 Å². The van der Waals surface area contributed by atoms with E-state index in [0.29, 0.717) is 0 Å². The molecule has 6 heteroatoms. The summed E-state index contributed by atoms with van der Waals surface area (Å²) < 4.78 is 0. The predicted molar refractivity (Wildman–Crippen MR) is 50.7 cm³/mol. The van der Waals surface area contributed by atoms with Gasteiger partial charge in [-0.25, -0.2) is 4.99 Å². The van der Waals surface area contributed by atoms with Crippen LogP contribution in [-0.2, 0) is 0 Å². The number of hydrogen-bond acceptors (Lipinski definition) is 3. The molecule has 0 fully saturated rings. The van der Waals surface area contributed by atoms with E-state index in [2.05, 4.69) is 4.99 Å². The van der Waals surface area contributed by atoms with Gasteiger partial charge in [0.05, 0.1) is 0 Å². The van der Waals surface area contributed by atoms with Crippen LogP contribution in [0.5, 0.6) is 0 Å². The Kier molecular flexibility index (Phi) is 5.50. The Balaban J connectivity index is 4.02. The first-order valence-electron chi connectivity index (χ1n) is 2.58. The summed E-state index contributed by atoms with van der Waals surface area (Å²) in [6.07, 6.45) is 3.64. The second-order valence-electron chi connectivity index (χ2n) is 1.46. The van der Waals surface area contributed by atoms with Gasteiger partial charge in [0.1, 0.15) is 17.2 Å². The van der Waals surface area contributed by atoms with E-state index in [9.17, 15) is 0 Å². The second-order valence-corrected chi connectivity index (χ2v) is 2.51. The van der Waals surface area contributed by atoms with Crippen LogP contribution in [0.15, 0.2) is 17.1 Å². The van der Waals surface area contributed by atoms with Crippen molar-refractivity contribution in [2.45, 2.75) is 0 Å². The van der Waals surface area contributed by atoms with E-state index in [1.54, 1.807) is 0 Å². The molecular weight excluding hydrogens is 184 g/mol. The Hall–Kier alpha value is -0.810. The number of amidine groups is 1. The van der Waals surface area contributed by atoms with E-state index in [0.717, 1.165) is 17.3 Å². The predicted octanol–water partition coefficient (Wildman–Crippen LogP) is 1.37. The van der Waals surface area contributed by atoms with Gasteiger partial charge < -0.3 is 5.73 Å². The van der Waals surface area contributed by atoms with Gasteiger partial charge in [-0.3, -0.25) is 10.8 Å². The van der Waals surface area contributed by atoms with Gasteiger partial charge in [-0.15, -0.1) is 0 Å². The molecule has 11 heavy (non-hydrogen) atoms. The summed E-state index contributed by atoms with van der Waals surface area (Å²) in [4.78, 5) is 3.43. The summed E-state index contributed by atoms with van der Waals surface area (Å²) in [7, 11) is 6.01. The molecule has 0 radical (unpaired) electrons. The lowest BCUT2D eigenvalue weighted by atomic mass is 10.5. The molecule has 0 aromatic heterocycles. The van der Waals surface area contributed by atoms with Gasteiger partial charge >= 0.3 is 0 Å². The molecule has 0 aliphatic rings. The molecule has 0 aliphatic heterocycles. The van der Waals surface area contributed by atoms with Gasteiger partial charge in [0.15, 0.2) is 0 Å². The van der Waals surface area contributed by atoms with Crippen molar-refractivity contribution in [3.8, 4) is 0 Å². The SMILES string of the molecule is N=CN=C(N)/C=C\C(=N)SCl. The average Bonchev–Trinajstić information content (AvgIpc) is 2.01. The van der Waals surface area contributed by atoms with Crippen LogP contribution < -0.4 is 5.73 Å². The summed E-state index contributed by atoms with van der Waals surface area (Å²) in [5.41, 5.74) is 5.25. The van der Waals surface area contributed by atoms with Crippen LogP contribution in [0.2, 0.25) is 0 Å². The summed E-state index contributed by atoms with van der Waals surface area (Å²) >= 11 is 0. The van der Waals surface area contributed by atoms with Crippen molar-refractivity contribution in [2.24, 2.45) is 10.7 Å². The lowest BCUT2D eigenvalue weighted by Gasteiger charge is -1.87. The third kappa shape index (κ3) is 5.63. The Morgan fingerprint density at radius 2 is 2.18 bits per heavy atom. The molecule has 0 amide bonds. The summed E-state index contributed by atoms with van der Waals surface area (Å²) in [5.74, 6) is 0.176. The van der Waals surface area contributed by atoms with Crippen molar-refractivity contribution < 1.29 is 0 Å². The number of nitrogens with zero attached hydrogens (tertiary/aromatic N) is 1. The van der Waals surface area contributed by atoms with Gasteiger partial charge in [-0.1, -0.05) is 0 Å². The maximum atomic E-state index is 7.04. The Bertz CT molecular complexity index is 211. The minimum absolute atomic E-state index is 0.176. The van der Waals surface area contributed by atoms with Crippen LogP contribution in [0, 0.1) is 10.8 Å². The van der Waals surface area contributed by atoms with Crippen molar-refractivity contribution in [1.82, 2.24) is 0 Å². The quantitative estimate of drug-likeness (QED) is 0.464. The van der Waals surface area contributed by atoms with E-state index in [1.165, 1.54) is 12.2 Å². The topological polar surface area (TPSA) is 86.1 Å². The zero-order valence-electron chi connectivity index (χ0n) is 5.54. The standard InChI is InChI=1S/C5H7ClN4S/c6-11-5(9)2-1-4(8)10-3-7/h1-3,9H,(H3,7,8,10)/b2-1-,9-5?. The first-order chi connectivity index (χ1) is 5.20. The number of hydrogen-bond donors (Lipinski definition) is 3. The molecule has 0 unspecified atom stereocenters. The van der Waals surface area contributed by atoms with Crippen molar-refractivity contribution in [3.63, 3.8) is 0 Å². The van der Waals surface area contributed by atoms with E-state index in [1.807, 2.05) is 0 Å². The minimum Gasteiger partial charge on any atom is -0.384 e. The van der Waals surface area contributed by atoms with Crippen molar-refractivity contribution in [3.05, 3.63) is 12.2 Å². The van der Waals surface area contributed by atoms with Crippen molar-refractivity contribution in [1.29, 1.82) is 10.8 Å². The van der Waals surface area contributed by atoms with Crippen LogP contribution >= 0.6 is 21.7 Å². The molecule has 4 nitrogen and oxygen atoms in total.